The van der Waals surface area contributed by atoms with Crippen LogP contribution < -0.4 is 10.5 Å². The van der Waals surface area contributed by atoms with Gasteiger partial charge >= 0.3 is 0 Å². The first-order valence-corrected chi connectivity index (χ1v) is 9.01. The number of hydrogen-bond acceptors (Lipinski definition) is 6. The molecule has 2 bridgehead atoms. The molecule has 2 N–H and O–H groups in total. The topological polar surface area (TPSA) is 103 Å². The standard InChI is InChI=1S/C21H20N6O/c1-12-7-8-14-5-4-6-16-20(18(11-22)27(3)26-16)17-10-19(21(23)25-24-17)28-13(2)15(14)9-12/h4-5,7-10,13H,6H2,1-3H3,(H2,23,25)/b5-4-/t13-/m1/s1. The molecule has 0 aliphatic carbocycles. The van der Waals surface area contributed by atoms with Crippen molar-refractivity contribution in [3.05, 3.63) is 58.4 Å². The number of nitrogens with zero attached hydrogens (tertiary/aromatic N) is 5. The fourth-order valence-electron chi connectivity index (χ4n) is 3.47. The highest BCUT2D eigenvalue weighted by molar-refractivity contribution is 5.71. The van der Waals surface area contributed by atoms with E-state index in [2.05, 4.69) is 52.6 Å². The quantitative estimate of drug-likeness (QED) is 0.649. The minimum absolute atomic E-state index is 0.210. The summed E-state index contributed by atoms with van der Waals surface area (Å²) in [5.74, 6) is 0.648. The van der Waals surface area contributed by atoms with Crippen molar-refractivity contribution < 1.29 is 4.74 Å². The Labute approximate surface area is 163 Å². The Morgan fingerprint density at radius 1 is 1.29 bits per heavy atom. The summed E-state index contributed by atoms with van der Waals surface area (Å²) >= 11 is 0. The average Bonchev–Trinajstić information content (AvgIpc) is 2.99. The Kier molecular flexibility index (Phi) is 4.32. The van der Waals surface area contributed by atoms with Gasteiger partial charge in [0, 0.05) is 19.5 Å². The highest BCUT2D eigenvalue weighted by atomic mass is 16.5. The van der Waals surface area contributed by atoms with E-state index in [4.69, 9.17) is 10.5 Å². The van der Waals surface area contributed by atoms with E-state index >= 15 is 0 Å². The largest absolute Gasteiger partial charge is 0.482 e. The minimum Gasteiger partial charge on any atom is -0.482 e. The van der Waals surface area contributed by atoms with Crippen LogP contribution >= 0.6 is 0 Å². The number of rotatable bonds is 0. The molecule has 1 aromatic carbocycles. The third kappa shape index (κ3) is 2.99. The molecular formula is C21H20N6O. The zero-order valence-corrected chi connectivity index (χ0v) is 16.0. The molecule has 140 valence electrons. The van der Waals surface area contributed by atoms with E-state index < -0.39 is 0 Å². The van der Waals surface area contributed by atoms with Crippen LogP contribution in [0.25, 0.3) is 17.3 Å². The van der Waals surface area contributed by atoms with Gasteiger partial charge in [-0.2, -0.15) is 10.4 Å². The van der Waals surface area contributed by atoms with Gasteiger partial charge in [0.2, 0.25) is 0 Å². The molecule has 1 atom stereocenters. The van der Waals surface area contributed by atoms with Crippen LogP contribution in [-0.2, 0) is 13.5 Å². The number of fused-ring (bicyclic) bond motifs is 5. The molecule has 7 heteroatoms. The third-order valence-corrected chi connectivity index (χ3v) is 4.86. The second kappa shape index (κ2) is 6.82. The zero-order valence-electron chi connectivity index (χ0n) is 16.0. The summed E-state index contributed by atoms with van der Waals surface area (Å²) in [6.45, 7) is 4.03. The van der Waals surface area contributed by atoms with E-state index in [-0.39, 0.29) is 11.9 Å². The lowest BCUT2D eigenvalue weighted by Gasteiger charge is -2.19. The number of nitriles is 1. The summed E-state index contributed by atoms with van der Waals surface area (Å²) in [7, 11) is 1.75. The molecule has 0 spiro atoms. The Balaban J connectivity index is 1.96. The van der Waals surface area contributed by atoms with Crippen molar-refractivity contribution in [1.82, 2.24) is 20.0 Å². The zero-order chi connectivity index (χ0) is 19.8. The fraction of sp³-hybridized carbons (Fsp3) is 0.238. The normalized spacial score (nSPS) is 16.6. The SMILES string of the molecule is Cc1ccc2c(c1)[C@@H](C)Oc1cc(nnc1N)-c1c(nn(C)c1C#N)C/C=C\2. The van der Waals surface area contributed by atoms with E-state index in [1.807, 2.05) is 13.0 Å². The summed E-state index contributed by atoms with van der Waals surface area (Å²) in [5.41, 5.74) is 11.7. The molecule has 28 heavy (non-hydrogen) atoms. The van der Waals surface area contributed by atoms with E-state index in [1.54, 1.807) is 17.8 Å². The molecule has 3 heterocycles. The Morgan fingerprint density at radius 3 is 2.89 bits per heavy atom. The number of hydrogen-bond donors (Lipinski definition) is 1. The van der Waals surface area contributed by atoms with Crippen molar-refractivity contribution in [3.63, 3.8) is 0 Å². The predicted octanol–water partition coefficient (Wildman–Crippen LogP) is 3.35. The molecular weight excluding hydrogens is 352 g/mol. The van der Waals surface area contributed by atoms with Crippen molar-refractivity contribution in [2.45, 2.75) is 26.4 Å². The van der Waals surface area contributed by atoms with Gasteiger partial charge in [-0.1, -0.05) is 35.9 Å². The molecule has 0 saturated heterocycles. The molecule has 7 nitrogen and oxygen atoms in total. The lowest BCUT2D eigenvalue weighted by atomic mass is 9.99. The summed E-state index contributed by atoms with van der Waals surface area (Å²) in [5, 5.41) is 22.4. The molecule has 4 rings (SSSR count). The smallest absolute Gasteiger partial charge is 0.188 e. The van der Waals surface area contributed by atoms with Gasteiger partial charge in [0.25, 0.3) is 0 Å². The fourth-order valence-corrected chi connectivity index (χ4v) is 3.47. The van der Waals surface area contributed by atoms with Gasteiger partial charge in [-0.05, 0) is 25.0 Å². The van der Waals surface area contributed by atoms with Gasteiger partial charge in [-0.3, -0.25) is 4.68 Å². The van der Waals surface area contributed by atoms with Crippen LogP contribution in [0.2, 0.25) is 0 Å². The van der Waals surface area contributed by atoms with E-state index in [1.165, 1.54) is 0 Å². The van der Waals surface area contributed by atoms with Gasteiger partial charge in [0.15, 0.2) is 11.6 Å². The summed E-state index contributed by atoms with van der Waals surface area (Å²) in [6, 6.07) is 10.2. The first kappa shape index (κ1) is 17.7. The molecule has 0 amide bonds. The monoisotopic (exact) mass is 372 g/mol. The second-order valence-electron chi connectivity index (χ2n) is 6.88. The van der Waals surface area contributed by atoms with Crippen LogP contribution in [0.5, 0.6) is 5.75 Å². The number of allylic oxidation sites excluding steroid dienone is 1. The van der Waals surface area contributed by atoms with Gasteiger partial charge in [-0.25, -0.2) is 0 Å². The first-order valence-electron chi connectivity index (χ1n) is 9.01. The maximum absolute atomic E-state index is 9.60. The van der Waals surface area contributed by atoms with Gasteiger partial charge < -0.3 is 10.5 Å². The lowest BCUT2D eigenvalue weighted by Crippen LogP contribution is -2.09. The maximum atomic E-state index is 9.60. The van der Waals surface area contributed by atoms with E-state index in [9.17, 15) is 5.26 Å². The molecule has 1 aliphatic heterocycles. The molecule has 1 aliphatic rings. The summed E-state index contributed by atoms with van der Waals surface area (Å²) in [6.07, 6.45) is 4.43. The molecule has 2 aromatic heterocycles. The lowest BCUT2D eigenvalue weighted by molar-refractivity contribution is 0.227. The van der Waals surface area contributed by atoms with Crippen molar-refractivity contribution in [3.8, 4) is 23.1 Å². The average molecular weight is 372 g/mol. The van der Waals surface area contributed by atoms with E-state index in [0.717, 1.165) is 22.4 Å². The van der Waals surface area contributed by atoms with Gasteiger partial charge in [0.05, 0.1) is 11.3 Å². The Morgan fingerprint density at radius 2 is 2.11 bits per heavy atom. The van der Waals surface area contributed by atoms with Crippen molar-refractivity contribution in [1.29, 1.82) is 5.26 Å². The highest BCUT2D eigenvalue weighted by Crippen LogP contribution is 2.34. The minimum atomic E-state index is -0.234. The summed E-state index contributed by atoms with van der Waals surface area (Å²) in [4.78, 5) is 0. The molecule has 0 saturated carbocycles. The van der Waals surface area contributed by atoms with Crippen LogP contribution in [0.1, 0.15) is 41.1 Å². The van der Waals surface area contributed by atoms with Crippen LogP contribution in [0.4, 0.5) is 5.82 Å². The van der Waals surface area contributed by atoms with E-state index in [0.29, 0.717) is 29.1 Å². The first-order chi connectivity index (χ1) is 13.5. The second-order valence-corrected chi connectivity index (χ2v) is 6.88. The predicted molar refractivity (Wildman–Crippen MR) is 106 cm³/mol. The number of aromatic nitrogens is 4. The Hall–Kier alpha value is -3.66. The van der Waals surface area contributed by atoms with Crippen LogP contribution in [-0.4, -0.2) is 20.0 Å². The number of nitrogen functional groups attached to an aromatic ring is 1. The van der Waals surface area contributed by atoms with Crippen molar-refractivity contribution in [2.24, 2.45) is 7.05 Å². The number of ether oxygens (including phenoxy) is 1. The third-order valence-electron chi connectivity index (χ3n) is 4.86. The van der Waals surface area contributed by atoms with Gasteiger partial charge in [0.1, 0.15) is 23.6 Å². The number of anilines is 1. The van der Waals surface area contributed by atoms with Gasteiger partial charge in [-0.15, -0.1) is 10.2 Å². The highest BCUT2D eigenvalue weighted by Gasteiger charge is 2.22. The van der Waals surface area contributed by atoms with Crippen LogP contribution in [0.15, 0.2) is 30.3 Å². The van der Waals surface area contributed by atoms with Crippen LogP contribution in [0, 0.1) is 18.3 Å². The Bertz CT molecular complexity index is 1140. The van der Waals surface area contributed by atoms with Crippen molar-refractivity contribution in [2.75, 3.05) is 5.73 Å². The van der Waals surface area contributed by atoms with Crippen LogP contribution in [0.3, 0.4) is 0 Å². The number of benzene rings is 1. The molecule has 0 fully saturated rings. The number of aryl methyl sites for hydroxylation is 2. The molecule has 0 radical (unpaired) electrons. The summed E-state index contributed by atoms with van der Waals surface area (Å²) < 4.78 is 7.73. The molecule has 3 aromatic rings. The number of nitrogens with two attached hydrogens (primary N) is 1. The maximum Gasteiger partial charge on any atom is 0.188 e. The molecule has 0 unspecified atom stereocenters. The van der Waals surface area contributed by atoms with Crippen molar-refractivity contribution >= 4 is 11.9 Å².